The normalized spacial score (nSPS) is 11.5. The maximum absolute atomic E-state index is 11.1. The van der Waals surface area contributed by atoms with Gasteiger partial charge in [0.2, 0.25) is 0 Å². The van der Waals surface area contributed by atoms with Crippen molar-refractivity contribution in [1.82, 2.24) is 10.3 Å². The lowest BCUT2D eigenvalue weighted by molar-refractivity contribution is 0.601. The number of sulfone groups is 1. The van der Waals surface area contributed by atoms with Gasteiger partial charge in [-0.25, -0.2) is 8.42 Å². The number of nitrogens with zero attached hydrogens (tertiary/aromatic N) is 2. The monoisotopic (exact) mass is 271 g/mol. The van der Waals surface area contributed by atoms with Crippen LogP contribution in [-0.2, 0) is 16.4 Å². The number of anilines is 1. The van der Waals surface area contributed by atoms with E-state index in [0.29, 0.717) is 6.54 Å². The second-order valence-electron chi connectivity index (χ2n) is 4.34. The lowest BCUT2D eigenvalue weighted by atomic mass is 10.3. The first-order valence-corrected chi connectivity index (χ1v) is 8.03. The molecule has 1 aromatic rings. The zero-order valence-electron chi connectivity index (χ0n) is 11.2. The largest absolute Gasteiger partial charge is 0.373 e. The predicted octanol–water partition coefficient (Wildman–Crippen LogP) is 0.672. The molecular weight excluding hydrogens is 250 g/mol. The van der Waals surface area contributed by atoms with Crippen LogP contribution in [0, 0.1) is 0 Å². The molecule has 102 valence electrons. The van der Waals surface area contributed by atoms with Crippen LogP contribution in [0.1, 0.15) is 12.6 Å². The first kappa shape index (κ1) is 14.9. The maximum atomic E-state index is 11.1. The van der Waals surface area contributed by atoms with Gasteiger partial charge in [0.05, 0.1) is 11.4 Å². The van der Waals surface area contributed by atoms with E-state index in [9.17, 15) is 8.42 Å². The molecule has 0 spiro atoms. The van der Waals surface area contributed by atoms with E-state index >= 15 is 0 Å². The van der Waals surface area contributed by atoms with Gasteiger partial charge in [0.25, 0.3) is 0 Å². The SMILES string of the molecule is CCNCc1cc(N(C)CCS(C)(=O)=O)ccn1. The number of pyridine rings is 1. The fourth-order valence-corrected chi connectivity index (χ4v) is 2.09. The van der Waals surface area contributed by atoms with Gasteiger partial charge in [0.1, 0.15) is 9.84 Å². The van der Waals surface area contributed by atoms with Crippen molar-refractivity contribution in [1.29, 1.82) is 0 Å². The number of hydrogen-bond donors (Lipinski definition) is 1. The molecule has 0 aliphatic heterocycles. The molecule has 0 aliphatic rings. The fraction of sp³-hybridized carbons (Fsp3) is 0.583. The third-order valence-electron chi connectivity index (χ3n) is 2.59. The molecule has 0 aliphatic carbocycles. The van der Waals surface area contributed by atoms with E-state index in [1.165, 1.54) is 6.26 Å². The van der Waals surface area contributed by atoms with Gasteiger partial charge in [0.15, 0.2) is 0 Å². The van der Waals surface area contributed by atoms with Crippen molar-refractivity contribution in [3.05, 3.63) is 24.0 Å². The van der Waals surface area contributed by atoms with Crippen LogP contribution >= 0.6 is 0 Å². The van der Waals surface area contributed by atoms with Crippen LogP contribution in [-0.4, -0.2) is 45.5 Å². The second kappa shape index (κ2) is 6.70. The molecule has 1 heterocycles. The van der Waals surface area contributed by atoms with Gasteiger partial charge in [0, 0.05) is 38.3 Å². The first-order valence-electron chi connectivity index (χ1n) is 5.97. The standard InChI is InChI=1S/C12H21N3O2S/c1-4-13-10-11-9-12(5-6-14-11)15(2)7-8-18(3,16)17/h5-6,9,13H,4,7-8,10H2,1-3H3. The van der Waals surface area contributed by atoms with Crippen molar-refractivity contribution in [3.63, 3.8) is 0 Å². The van der Waals surface area contributed by atoms with Gasteiger partial charge in [-0.2, -0.15) is 0 Å². The van der Waals surface area contributed by atoms with Crippen LogP contribution in [0.15, 0.2) is 18.3 Å². The van der Waals surface area contributed by atoms with Gasteiger partial charge in [-0.05, 0) is 18.7 Å². The molecule has 18 heavy (non-hydrogen) atoms. The van der Waals surface area contributed by atoms with Crippen molar-refractivity contribution in [2.45, 2.75) is 13.5 Å². The second-order valence-corrected chi connectivity index (χ2v) is 6.60. The Hall–Kier alpha value is -1.14. The van der Waals surface area contributed by atoms with Crippen LogP contribution < -0.4 is 10.2 Å². The van der Waals surface area contributed by atoms with Gasteiger partial charge in [-0.3, -0.25) is 4.98 Å². The quantitative estimate of drug-likeness (QED) is 0.790. The summed E-state index contributed by atoms with van der Waals surface area (Å²) in [7, 11) is -1.03. The third kappa shape index (κ3) is 5.46. The van der Waals surface area contributed by atoms with E-state index in [2.05, 4.69) is 10.3 Å². The Morgan fingerprint density at radius 1 is 1.44 bits per heavy atom. The molecule has 0 saturated carbocycles. The zero-order chi connectivity index (χ0) is 13.6. The summed E-state index contributed by atoms with van der Waals surface area (Å²) < 4.78 is 22.3. The molecule has 1 aromatic heterocycles. The minimum absolute atomic E-state index is 0.161. The summed E-state index contributed by atoms with van der Waals surface area (Å²) in [5.41, 5.74) is 1.95. The van der Waals surface area contributed by atoms with Crippen LogP contribution in [0.4, 0.5) is 5.69 Å². The first-order chi connectivity index (χ1) is 8.42. The summed E-state index contributed by atoms with van der Waals surface area (Å²) >= 11 is 0. The summed E-state index contributed by atoms with van der Waals surface area (Å²) in [5, 5.41) is 3.21. The van der Waals surface area contributed by atoms with Crippen molar-refractivity contribution in [3.8, 4) is 0 Å². The highest BCUT2D eigenvalue weighted by Gasteiger charge is 2.07. The maximum Gasteiger partial charge on any atom is 0.149 e. The molecule has 0 bridgehead atoms. The number of aromatic nitrogens is 1. The van der Waals surface area contributed by atoms with Gasteiger partial charge in [-0.1, -0.05) is 6.92 Å². The highest BCUT2D eigenvalue weighted by Crippen LogP contribution is 2.12. The van der Waals surface area contributed by atoms with Crippen molar-refractivity contribution < 1.29 is 8.42 Å². The molecule has 0 aromatic carbocycles. The smallest absolute Gasteiger partial charge is 0.149 e. The average Bonchev–Trinajstić information content (AvgIpc) is 2.33. The number of rotatable bonds is 7. The molecular formula is C12H21N3O2S. The molecule has 0 fully saturated rings. The van der Waals surface area contributed by atoms with Crippen LogP contribution in [0.5, 0.6) is 0 Å². The van der Waals surface area contributed by atoms with Crippen molar-refractivity contribution in [2.24, 2.45) is 0 Å². The highest BCUT2D eigenvalue weighted by atomic mass is 32.2. The molecule has 0 saturated heterocycles. The Bertz CT molecular complexity index is 474. The Balaban J connectivity index is 2.64. The Kier molecular flexibility index (Phi) is 5.55. The lowest BCUT2D eigenvalue weighted by Crippen LogP contribution is -2.25. The Morgan fingerprint density at radius 2 is 2.17 bits per heavy atom. The fourth-order valence-electron chi connectivity index (χ4n) is 1.48. The van der Waals surface area contributed by atoms with Crippen LogP contribution in [0.25, 0.3) is 0 Å². The van der Waals surface area contributed by atoms with Gasteiger partial charge in [-0.15, -0.1) is 0 Å². The molecule has 1 rings (SSSR count). The van der Waals surface area contributed by atoms with E-state index in [-0.39, 0.29) is 5.75 Å². The van der Waals surface area contributed by atoms with E-state index in [4.69, 9.17) is 0 Å². The molecule has 0 unspecified atom stereocenters. The van der Waals surface area contributed by atoms with Gasteiger partial charge >= 0.3 is 0 Å². The van der Waals surface area contributed by atoms with Crippen LogP contribution in [0.3, 0.4) is 0 Å². The van der Waals surface area contributed by atoms with E-state index < -0.39 is 9.84 Å². The molecule has 0 radical (unpaired) electrons. The van der Waals surface area contributed by atoms with E-state index in [1.807, 2.05) is 31.0 Å². The van der Waals surface area contributed by atoms with Gasteiger partial charge < -0.3 is 10.2 Å². The van der Waals surface area contributed by atoms with Crippen molar-refractivity contribution >= 4 is 15.5 Å². The van der Waals surface area contributed by atoms with Crippen LogP contribution in [0.2, 0.25) is 0 Å². The van der Waals surface area contributed by atoms with E-state index in [1.54, 1.807) is 6.20 Å². The van der Waals surface area contributed by atoms with Crippen molar-refractivity contribution in [2.75, 3.05) is 37.0 Å². The summed E-state index contributed by atoms with van der Waals surface area (Å²) in [6.07, 6.45) is 3.00. The summed E-state index contributed by atoms with van der Waals surface area (Å²) in [6, 6.07) is 3.86. The number of nitrogens with one attached hydrogen (secondary N) is 1. The third-order valence-corrected chi connectivity index (χ3v) is 3.52. The Labute approximate surface area is 109 Å². The lowest BCUT2D eigenvalue weighted by Gasteiger charge is -2.19. The molecule has 6 heteroatoms. The molecule has 0 atom stereocenters. The molecule has 1 N–H and O–H groups in total. The summed E-state index contributed by atoms with van der Waals surface area (Å²) in [4.78, 5) is 6.19. The van der Waals surface area contributed by atoms with E-state index in [0.717, 1.165) is 24.5 Å². The zero-order valence-corrected chi connectivity index (χ0v) is 12.0. The molecule has 5 nitrogen and oxygen atoms in total. The topological polar surface area (TPSA) is 62.3 Å². The minimum atomic E-state index is -2.92. The average molecular weight is 271 g/mol. The summed E-state index contributed by atoms with van der Waals surface area (Å²) in [6.45, 7) is 4.16. The molecule has 0 amide bonds. The Morgan fingerprint density at radius 3 is 2.78 bits per heavy atom. The predicted molar refractivity (Wildman–Crippen MR) is 74.6 cm³/mol. The number of hydrogen-bond acceptors (Lipinski definition) is 5. The summed E-state index contributed by atoms with van der Waals surface area (Å²) in [5.74, 6) is 0.161. The highest BCUT2D eigenvalue weighted by molar-refractivity contribution is 7.90. The minimum Gasteiger partial charge on any atom is -0.373 e.